The van der Waals surface area contributed by atoms with Gasteiger partial charge in [0.25, 0.3) is 5.91 Å². The highest BCUT2D eigenvalue weighted by Crippen LogP contribution is 2.29. The van der Waals surface area contributed by atoms with E-state index in [2.05, 4.69) is 5.32 Å². The summed E-state index contributed by atoms with van der Waals surface area (Å²) < 4.78 is 20.9. The minimum Gasteiger partial charge on any atom is -0.493 e. The van der Waals surface area contributed by atoms with E-state index in [1.165, 1.54) is 14.2 Å². The molecule has 1 heterocycles. The van der Waals surface area contributed by atoms with Crippen molar-refractivity contribution in [2.75, 3.05) is 26.1 Å². The highest BCUT2D eigenvalue weighted by molar-refractivity contribution is 5.98. The smallest absolute Gasteiger partial charge is 0.375 e. The zero-order valence-corrected chi connectivity index (χ0v) is 15.2. The van der Waals surface area contributed by atoms with Crippen LogP contribution in [-0.2, 0) is 9.53 Å². The highest BCUT2D eigenvalue weighted by atomic mass is 16.5. The van der Waals surface area contributed by atoms with E-state index in [9.17, 15) is 9.59 Å². The van der Waals surface area contributed by atoms with Crippen molar-refractivity contribution < 1.29 is 28.2 Å². The Kier molecular flexibility index (Phi) is 5.30. The van der Waals surface area contributed by atoms with E-state index in [4.69, 9.17) is 18.6 Å². The first kappa shape index (κ1) is 18.3. The number of aryl methyl sites for hydroxylation is 1. The number of carbonyl (C=O) groups is 2. The molecule has 0 unspecified atom stereocenters. The molecule has 0 spiro atoms. The van der Waals surface area contributed by atoms with Crippen LogP contribution in [0.5, 0.6) is 11.5 Å². The van der Waals surface area contributed by atoms with Crippen molar-refractivity contribution in [3.63, 3.8) is 0 Å². The quantitative estimate of drug-likeness (QED) is 0.669. The number of benzene rings is 2. The third-order valence-corrected chi connectivity index (χ3v) is 4.03. The van der Waals surface area contributed by atoms with E-state index >= 15 is 0 Å². The number of carbonyl (C=O) groups excluding carboxylic acids is 2. The summed E-state index contributed by atoms with van der Waals surface area (Å²) in [7, 11) is 3.02. The second-order valence-electron chi connectivity index (χ2n) is 5.75. The SMILES string of the molecule is COc1ccc(NC(=O)COC(=O)c2oc3ccccc3c2C)cc1OC. The molecule has 7 nitrogen and oxygen atoms in total. The van der Waals surface area contributed by atoms with Gasteiger partial charge >= 0.3 is 5.97 Å². The molecular formula is C20H19NO6. The molecule has 1 amide bonds. The average Bonchev–Trinajstić information content (AvgIpc) is 3.03. The Balaban J connectivity index is 1.63. The number of rotatable bonds is 6. The van der Waals surface area contributed by atoms with Gasteiger partial charge in [-0.2, -0.15) is 0 Å². The normalized spacial score (nSPS) is 10.5. The summed E-state index contributed by atoms with van der Waals surface area (Å²) in [6, 6.07) is 12.2. The Hall–Kier alpha value is -3.48. The van der Waals surface area contributed by atoms with Gasteiger partial charge in [0.15, 0.2) is 18.1 Å². The van der Waals surface area contributed by atoms with Gasteiger partial charge in [0.2, 0.25) is 5.76 Å². The molecule has 7 heteroatoms. The van der Waals surface area contributed by atoms with Crippen molar-refractivity contribution in [1.29, 1.82) is 0 Å². The topological polar surface area (TPSA) is 87.0 Å². The number of methoxy groups -OCH3 is 2. The maximum Gasteiger partial charge on any atom is 0.375 e. The molecule has 140 valence electrons. The van der Waals surface area contributed by atoms with Crippen molar-refractivity contribution in [2.45, 2.75) is 6.92 Å². The number of amides is 1. The predicted octanol–water partition coefficient (Wildman–Crippen LogP) is 3.55. The van der Waals surface area contributed by atoms with Crippen molar-refractivity contribution in [2.24, 2.45) is 0 Å². The molecule has 0 fully saturated rings. The van der Waals surface area contributed by atoms with Crippen LogP contribution >= 0.6 is 0 Å². The minimum atomic E-state index is -0.689. The Bertz CT molecular complexity index is 991. The first-order valence-electron chi connectivity index (χ1n) is 8.20. The summed E-state index contributed by atoms with van der Waals surface area (Å²) >= 11 is 0. The lowest BCUT2D eigenvalue weighted by Crippen LogP contribution is -2.21. The maximum absolute atomic E-state index is 12.2. The van der Waals surface area contributed by atoms with Crippen molar-refractivity contribution in [1.82, 2.24) is 0 Å². The summed E-state index contributed by atoms with van der Waals surface area (Å²) in [5.41, 5.74) is 1.77. The van der Waals surface area contributed by atoms with Gasteiger partial charge in [-0.1, -0.05) is 18.2 Å². The molecule has 3 rings (SSSR count). The van der Waals surface area contributed by atoms with E-state index in [1.807, 2.05) is 18.2 Å². The highest BCUT2D eigenvalue weighted by Gasteiger charge is 2.20. The molecular weight excluding hydrogens is 350 g/mol. The molecule has 0 aliphatic carbocycles. The standard InChI is InChI=1S/C20H19NO6/c1-12-14-6-4-5-7-15(14)27-19(12)20(23)26-11-18(22)21-13-8-9-16(24-2)17(10-13)25-3/h4-10H,11H2,1-3H3,(H,21,22). The number of esters is 1. The van der Waals surface area contributed by atoms with E-state index < -0.39 is 18.5 Å². The molecule has 0 radical (unpaired) electrons. The van der Waals surface area contributed by atoms with Gasteiger partial charge in [0, 0.05) is 22.7 Å². The summed E-state index contributed by atoms with van der Waals surface area (Å²) in [5, 5.41) is 3.47. The Morgan fingerprint density at radius 2 is 1.78 bits per heavy atom. The van der Waals surface area contributed by atoms with Gasteiger partial charge in [-0.15, -0.1) is 0 Å². The monoisotopic (exact) mass is 369 g/mol. The summed E-state index contributed by atoms with van der Waals surface area (Å²) in [6.45, 7) is 1.33. The lowest BCUT2D eigenvalue weighted by Gasteiger charge is -2.10. The molecule has 3 aromatic rings. The van der Waals surface area contributed by atoms with Crippen molar-refractivity contribution in [3.8, 4) is 11.5 Å². The number of anilines is 1. The largest absolute Gasteiger partial charge is 0.493 e. The number of hydrogen-bond donors (Lipinski definition) is 1. The van der Waals surface area contributed by atoms with Gasteiger partial charge in [-0.3, -0.25) is 4.79 Å². The summed E-state index contributed by atoms with van der Waals surface area (Å²) in [6.07, 6.45) is 0. The lowest BCUT2D eigenvalue weighted by atomic mass is 10.1. The maximum atomic E-state index is 12.2. The van der Waals surface area contributed by atoms with Crippen LogP contribution in [0.1, 0.15) is 16.1 Å². The van der Waals surface area contributed by atoms with Crippen LogP contribution in [0.25, 0.3) is 11.0 Å². The van der Waals surface area contributed by atoms with E-state index in [0.29, 0.717) is 28.3 Å². The van der Waals surface area contributed by atoms with Gasteiger partial charge in [0.05, 0.1) is 14.2 Å². The summed E-state index contributed by atoms with van der Waals surface area (Å²) in [4.78, 5) is 24.3. The molecule has 27 heavy (non-hydrogen) atoms. The van der Waals surface area contributed by atoms with Crippen LogP contribution in [-0.4, -0.2) is 32.7 Å². The molecule has 0 atom stereocenters. The van der Waals surface area contributed by atoms with Gasteiger partial charge in [-0.25, -0.2) is 4.79 Å². The van der Waals surface area contributed by atoms with E-state index in [0.717, 1.165) is 5.39 Å². The number of fused-ring (bicyclic) bond motifs is 1. The lowest BCUT2D eigenvalue weighted by molar-refractivity contribution is -0.119. The van der Waals surface area contributed by atoms with Crippen LogP contribution in [0.2, 0.25) is 0 Å². The third-order valence-electron chi connectivity index (χ3n) is 4.03. The number of hydrogen-bond acceptors (Lipinski definition) is 6. The summed E-state index contributed by atoms with van der Waals surface area (Å²) in [5.74, 6) is -0.0573. The van der Waals surface area contributed by atoms with E-state index in [1.54, 1.807) is 31.2 Å². The fourth-order valence-corrected chi connectivity index (χ4v) is 2.68. The van der Waals surface area contributed by atoms with Crippen LogP contribution in [0.3, 0.4) is 0 Å². The predicted molar refractivity (Wildman–Crippen MR) is 99.4 cm³/mol. The second kappa shape index (κ2) is 7.82. The molecule has 0 saturated carbocycles. The average molecular weight is 369 g/mol. The molecule has 0 bridgehead atoms. The van der Waals surface area contributed by atoms with Gasteiger partial charge in [-0.05, 0) is 25.1 Å². The van der Waals surface area contributed by atoms with Gasteiger partial charge in [0.1, 0.15) is 5.58 Å². The first-order chi connectivity index (χ1) is 13.0. The van der Waals surface area contributed by atoms with Crippen molar-refractivity contribution in [3.05, 3.63) is 53.8 Å². The third kappa shape index (κ3) is 3.87. The van der Waals surface area contributed by atoms with Crippen LogP contribution < -0.4 is 14.8 Å². The van der Waals surface area contributed by atoms with Gasteiger partial charge < -0.3 is 23.9 Å². The molecule has 1 N–H and O–H groups in total. The second-order valence-corrected chi connectivity index (χ2v) is 5.75. The van der Waals surface area contributed by atoms with Crippen LogP contribution in [0, 0.1) is 6.92 Å². The zero-order valence-electron chi connectivity index (χ0n) is 15.2. The number of para-hydroxylation sites is 1. The fourth-order valence-electron chi connectivity index (χ4n) is 2.68. The van der Waals surface area contributed by atoms with Crippen LogP contribution in [0.15, 0.2) is 46.9 Å². The first-order valence-corrected chi connectivity index (χ1v) is 8.20. The minimum absolute atomic E-state index is 0.0927. The zero-order chi connectivity index (χ0) is 19.4. The molecule has 0 aliphatic heterocycles. The molecule has 0 aliphatic rings. The van der Waals surface area contributed by atoms with E-state index in [-0.39, 0.29) is 5.76 Å². The molecule has 2 aromatic carbocycles. The van der Waals surface area contributed by atoms with Crippen LogP contribution in [0.4, 0.5) is 5.69 Å². The Labute approximate surface area is 155 Å². The fraction of sp³-hybridized carbons (Fsp3) is 0.200. The number of furan rings is 1. The number of nitrogens with one attached hydrogen (secondary N) is 1. The molecule has 0 saturated heterocycles. The Morgan fingerprint density at radius 3 is 2.48 bits per heavy atom. The van der Waals surface area contributed by atoms with Crippen molar-refractivity contribution >= 4 is 28.5 Å². The Morgan fingerprint density at radius 1 is 1.04 bits per heavy atom. The molecule has 1 aromatic heterocycles. The number of ether oxygens (including phenoxy) is 3.